The summed E-state index contributed by atoms with van der Waals surface area (Å²) in [5.41, 5.74) is 2.26. The van der Waals surface area contributed by atoms with Crippen LogP contribution in [0.15, 0.2) is 48.6 Å². The number of ether oxygens (including phenoxy) is 2. The first-order valence-electron chi connectivity index (χ1n) is 9.89. The van der Waals surface area contributed by atoms with Gasteiger partial charge in [-0.05, 0) is 30.5 Å². The number of carbonyl (C=O) groups excluding carboxylic acids is 1. The highest BCUT2D eigenvalue weighted by atomic mass is 16.5. The summed E-state index contributed by atoms with van der Waals surface area (Å²) in [4.78, 5) is 12.8. The predicted molar refractivity (Wildman–Crippen MR) is 117 cm³/mol. The fourth-order valence-electron chi connectivity index (χ4n) is 2.90. The van der Waals surface area contributed by atoms with Crippen LogP contribution in [0.1, 0.15) is 33.3 Å². The number of phenols is 1. The maximum Gasteiger partial charge on any atom is 0.333 e. The molecule has 0 aliphatic carbocycles. The maximum atomic E-state index is 11.5. The van der Waals surface area contributed by atoms with Crippen molar-refractivity contribution in [3.8, 4) is 17.2 Å². The Morgan fingerprint density at radius 1 is 1.16 bits per heavy atom. The smallest absolute Gasteiger partial charge is 0.333 e. The number of rotatable bonds is 7. The first kappa shape index (κ1) is 22.3. The molecule has 3 aromatic rings. The molecule has 3 rings (SSSR count). The number of carbonyl (C=O) groups is 1. The van der Waals surface area contributed by atoms with E-state index in [1.807, 2.05) is 45.0 Å². The molecule has 0 saturated heterocycles. The highest BCUT2D eigenvalue weighted by Crippen LogP contribution is 2.38. The van der Waals surface area contributed by atoms with Crippen molar-refractivity contribution in [2.45, 2.75) is 39.2 Å². The lowest BCUT2D eigenvalue weighted by Gasteiger charge is -2.23. The topological polar surface area (TPSA) is 107 Å². The van der Waals surface area contributed by atoms with Crippen molar-refractivity contribution >= 4 is 17.0 Å². The minimum absolute atomic E-state index is 0.0519. The van der Waals surface area contributed by atoms with Crippen LogP contribution >= 0.6 is 0 Å². The van der Waals surface area contributed by atoms with Gasteiger partial charge in [0.1, 0.15) is 47.5 Å². The number of fused-ring (bicyclic) bond motifs is 1. The van der Waals surface area contributed by atoms with E-state index in [1.165, 1.54) is 11.7 Å². The van der Waals surface area contributed by atoms with E-state index in [2.05, 4.69) is 16.8 Å². The van der Waals surface area contributed by atoms with Crippen LogP contribution in [0.25, 0.3) is 16.7 Å². The van der Waals surface area contributed by atoms with E-state index in [9.17, 15) is 15.0 Å². The first-order chi connectivity index (χ1) is 14.6. The predicted octanol–water partition coefficient (Wildman–Crippen LogP) is 3.28. The summed E-state index contributed by atoms with van der Waals surface area (Å²) in [6.07, 6.45) is -1.02. The average Bonchev–Trinajstić information content (AvgIpc) is 3.14. The Kier molecular flexibility index (Phi) is 6.31. The van der Waals surface area contributed by atoms with Gasteiger partial charge in [-0.1, -0.05) is 39.5 Å². The van der Waals surface area contributed by atoms with Gasteiger partial charge in [-0.3, -0.25) is 0 Å². The Balaban J connectivity index is 1.88. The number of hydrogen-bond donors (Lipinski definition) is 2. The largest absolute Gasteiger partial charge is 0.505 e. The summed E-state index contributed by atoms with van der Waals surface area (Å²) >= 11 is 0. The molecule has 2 N–H and O–H groups in total. The molecule has 164 valence electrons. The van der Waals surface area contributed by atoms with Gasteiger partial charge in [-0.25, -0.2) is 4.79 Å². The molecule has 0 spiro atoms. The zero-order chi connectivity index (χ0) is 22.8. The highest BCUT2D eigenvalue weighted by molar-refractivity contribution is 5.86. The summed E-state index contributed by atoms with van der Waals surface area (Å²) in [5, 5.41) is 29.9. The molecule has 0 saturated carbocycles. The second-order valence-electron chi connectivity index (χ2n) is 8.41. The number of aromatic nitrogens is 3. The Morgan fingerprint density at radius 3 is 2.32 bits per heavy atom. The van der Waals surface area contributed by atoms with Crippen molar-refractivity contribution in [1.82, 2.24) is 15.0 Å². The average molecular weight is 425 g/mol. The second-order valence-corrected chi connectivity index (χ2v) is 8.41. The molecule has 8 heteroatoms. The second kappa shape index (κ2) is 8.77. The van der Waals surface area contributed by atoms with Gasteiger partial charge in [0.25, 0.3) is 0 Å². The summed E-state index contributed by atoms with van der Waals surface area (Å²) < 4.78 is 10.7. The number of phenolic OH excluding ortho intramolecular Hbond substituents is 1. The standard InChI is InChI=1S/C23H27N3O5/c1-14(2)22(29)31-13-15(27)12-30-16-10-17(23(3,4)5)21(28)20(11-16)26-24-18-8-6-7-9-19(18)25-26/h6-11,15,27-28H,1,12-13H2,2-5H3. The molecule has 1 aromatic heterocycles. The molecule has 0 radical (unpaired) electrons. The molecular weight excluding hydrogens is 398 g/mol. The molecular formula is C23H27N3O5. The lowest BCUT2D eigenvalue weighted by atomic mass is 9.86. The van der Waals surface area contributed by atoms with Gasteiger partial charge in [0.15, 0.2) is 0 Å². The fourth-order valence-corrected chi connectivity index (χ4v) is 2.90. The SMILES string of the molecule is C=C(C)C(=O)OCC(O)COc1cc(-n2nc3ccccc3n2)c(O)c(C(C)(C)C)c1. The van der Waals surface area contributed by atoms with E-state index in [4.69, 9.17) is 9.47 Å². The van der Waals surface area contributed by atoms with E-state index >= 15 is 0 Å². The maximum absolute atomic E-state index is 11.5. The number of esters is 1. The Bertz CT molecular complexity index is 1080. The van der Waals surface area contributed by atoms with E-state index in [-0.39, 0.29) is 30.0 Å². The van der Waals surface area contributed by atoms with Gasteiger partial charge in [0.2, 0.25) is 0 Å². The van der Waals surface area contributed by atoms with Crippen molar-refractivity contribution in [2.24, 2.45) is 0 Å². The van der Waals surface area contributed by atoms with Crippen LogP contribution in [0.2, 0.25) is 0 Å². The summed E-state index contributed by atoms with van der Waals surface area (Å²) in [6.45, 7) is 10.6. The lowest BCUT2D eigenvalue weighted by molar-refractivity contribution is -0.142. The van der Waals surface area contributed by atoms with Crippen LogP contribution in [-0.4, -0.2) is 50.5 Å². The van der Waals surface area contributed by atoms with Crippen LogP contribution < -0.4 is 4.74 Å². The monoisotopic (exact) mass is 425 g/mol. The molecule has 31 heavy (non-hydrogen) atoms. The number of hydrogen-bond acceptors (Lipinski definition) is 7. The number of aliphatic hydroxyl groups excluding tert-OH is 1. The van der Waals surface area contributed by atoms with Crippen molar-refractivity contribution in [3.63, 3.8) is 0 Å². The van der Waals surface area contributed by atoms with Crippen molar-refractivity contribution in [2.75, 3.05) is 13.2 Å². The summed E-state index contributed by atoms with van der Waals surface area (Å²) in [7, 11) is 0. The normalized spacial score (nSPS) is 12.5. The van der Waals surface area contributed by atoms with Crippen molar-refractivity contribution in [1.29, 1.82) is 0 Å². The van der Waals surface area contributed by atoms with E-state index in [0.717, 1.165) is 0 Å². The van der Waals surface area contributed by atoms with E-state index in [0.29, 0.717) is 28.0 Å². The molecule has 0 fully saturated rings. The minimum Gasteiger partial charge on any atom is -0.505 e. The third kappa shape index (κ3) is 5.21. The van der Waals surface area contributed by atoms with Gasteiger partial charge in [0.05, 0.1) is 0 Å². The van der Waals surface area contributed by atoms with Gasteiger partial charge in [-0.2, -0.15) is 0 Å². The third-order valence-electron chi connectivity index (χ3n) is 4.57. The zero-order valence-electron chi connectivity index (χ0n) is 18.1. The highest BCUT2D eigenvalue weighted by Gasteiger charge is 2.24. The quantitative estimate of drug-likeness (QED) is 0.442. The molecule has 2 aromatic carbocycles. The number of benzene rings is 2. The third-order valence-corrected chi connectivity index (χ3v) is 4.57. The molecule has 1 unspecified atom stereocenters. The van der Waals surface area contributed by atoms with Crippen molar-refractivity contribution < 1.29 is 24.5 Å². The molecule has 1 heterocycles. The number of aliphatic hydroxyl groups is 1. The van der Waals surface area contributed by atoms with Crippen molar-refractivity contribution in [3.05, 3.63) is 54.1 Å². The molecule has 0 bridgehead atoms. The molecule has 0 amide bonds. The van der Waals surface area contributed by atoms with Gasteiger partial charge >= 0.3 is 5.97 Å². The zero-order valence-corrected chi connectivity index (χ0v) is 18.1. The molecule has 0 aliphatic heterocycles. The minimum atomic E-state index is -1.02. The van der Waals surface area contributed by atoms with Crippen LogP contribution in [0.3, 0.4) is 0 Å². The van der Waals surface area contributed by atoms with Gasteiger partial charge < -0.3 is 19.7 Å². The number of nitrogens with zero attached hydrogens (tertiary/aromatic N) is 3. The summed E-state index contributed by atoms with van der Waals surface area (Å²) in [5.74, 6) is -0.0988. The molecule has 0 aliphatic rings. The Hall–Kier alpha value is -3.39. The van der Waals surface area contributed by atoms with E-state index in [1.54, 1.807) is 12.1 Å². The van der Waals surface area contributed by atoms with Crippen LogP contribution in [0, 0.1) is 0 Å². The van der Waals surface area contributed by atoms with Gasteiger partial charge in [0, 0.05) is 17.2 Å². The first-order valence-corrected chi connectivity index (χ1v) is 9.89. The van der Waals surface area contributed by atoms with Crippen LogP contribution in [0.4, 0.5) is 0 Å². The fraction of sp³-hybridized carbons (Fsp3) is 0.348. The summed E-state index contributed by atoms with van der Waals surface area (Å²) in [6, 6.07) is 10.7. The Morgan fingerprint density at radius 2 is 1.77 bits per heavy atom. The Labute approximate surface area is 180 Å². The lowest BCUT2D eigenvalue weighted by Crippen LogP contribution is -2.25. The van der Waals surface area contributed by atoms with Crippen LogP contribution in [0.5, 0.6) is 11.5 Å². The van der Waals surface area contributed by atoms with Crippen LogP contribution in [-0.2, 0) is 14.9 Å². The molecule has 8 nitrogen and oxygen atoms in total. The number of aromatic hydroxyl groups is 1. The van der Waals surface area contributed by atoms with Gasteiger partial charge in [-0.15, -0.1) is 15.0 Å². The molecule has 1 atom stereocenters. The van der Waals surface area contributed by atoms with E-state index < -0.39 is 12.1 Å².